The molecule has 0 aromatic carbocycles. The summed E-state index contributed by atoms with van der Waals surface area (Å²) >= 11 is 1.57. The normalized spacial score (nSPS) is 23.3. The van der Waals surface area contributed by atoms with E-state index < -0.39 is 0 Å². The number of morpholine rings is 1. The van der Waals surface area contributed by atoms with E-state index in [0.717, 1.165) is 39.0 Å². The number of piperidine rings is 1. The molecule has 1 N–H and O–H groups in total. The Kier molecular flexibility index (Phi) is 7.48. The van der Waals surface area contributed by atoms with Gasteiger partial charge in [0, 0.05) is 32.7 Å². The van der Waals surface area contributed by atoms with Gasteiger partial charge in [0.15, 0.2) is 0 Å². The van der Waals surface area contributed by atoms with Gasteiger partial charge in [-0.3, -0.25) is 14.5 Å². The summed E-state index contributed by atoms with van der Waals surface area (Å²) in [6.45, 7) is 5.83. The van der Waals surface area contributed by atoms with Crippen molar-refractivity contribution in [1.82, 2.24) is 15.1 Å². The number of hydrogen-bond acceptors (Lipinski definition) is 5. The van der Waals surface area contributed by atoms with Gasteiger partial charge in [-0.2, -0.15) is 11.8 Å². The molecule has 22 heavy (non-hydrogen) atoms. The third-order valence-corrected chi connectivity index (χ3v) is 4.73. The van der Waals surface area contributed by atoms with Gasteiger partial charge in [0.25, 0.3) is 0 Å². The molecule has 0 aromatic heterocycles. The number of amides is 2. The quantitative estimate of drug-likeness (QED) is 0.745. The third-order valence-electron chi connectivity index (χ3n) is 4.20. The van der Waals surface area contributed by atoms with Crippen molar-refractivity contribution in [3.8, 4) is 0 Å². The van der Waals surface area contributed by atoms with Crippen LogP contribution >= 0.6 is 11.8 Å². The number of carbonyl (C=O) groups is 2. The molecular formula is C15H27N3O3S. The van der Waals surface area contributed by atoms with Gasteiger partial charge < -0.3 is 15.0 Å². The Hall–Kier alpha value is -0.790. The zero-order valence-electron chi connectivity index (χ0n) is 13.4. The first kappa shape index (κ1) is 17.6. The summed E-state index contributed by atoms with van der Waals surface area (Å²) < 4.78 is 5.28. The monoisotopic (exact) mass is 329 g/mol. The first-order valence-electron chi connectivity index (χ1n) is 8.02. The number of hydrogen-bond donors (Lipinski definition) is 1. The maximum atomic E-state index is 12.0. The van der Waals surface area contributed by atoms with Crippen LogP contribution in [0, 0.1) is 5.92 Å². The predicted molar refractivity (Wildman–Crippen MR) is 88.0 cm³/mol. The third kappa shape index (κ3) is 5.78. The molecular weight excluding hydrogens is 302 g/mol. The largest absolute Gasteiger partial charge is 0.379 e. The standard InChI is InChI=1S/C15H27N3O3S/c1-22-12-15(20)18-4-2-3-13(10-18)9-16-14(19)11-17-5-7-21-8-6-17/h13H,2-12H2,1H3,(H,16,19). The molecule has 0 spiro atoms. The Morgan fingerprint density at radius 3 is 2.77 bits per heavy atom. The fraction of sp³-hybridized carbons (Fsp3) is 0.867. The summed E-state index contributed by atoms with van der Waals surface area (Å²) in [5, 5.41) is 3.03. The number of likely N-dealkylation sites (tertiary alicyclic amines) is 1. The summed E-state index contributed by atoms with van der Waals surface area (Å²) in [5.41, 5.74) is 0. The van der Waals surface area contributed by atoms with Crippen LogP contribution in [0.2, 0.25) is 0 Å². The van der Waals surface area contributed by atoms with Crippen LogP contribution < -0.4 is 5.32 Å². The van der Waals surface area contributed by atoms with Crippen molar-refractivity contribution in [2.75, 3.05) is 64.5 Å². The van der Waals surface area contributed by atoms with E-state index in [0.29, 0.717) is 38.0 Å². The minimum absolute atomic E-state index is 0.0782. The zero-order valence-corrected chi connectivity index (χ0v) is 14.2. The van der Waals surface area contributed by atoms with Crippen LogP contribution in [0.4, 0.5) is 0 Å². The molecule has 1 atom stereocenters. The van der Waals surface area contributed by atoms with Crippen molar-refractivity contribution in [2.24, 2.45) is 5.92 Å². The Labute approximate surface area is 136 Å². The molecule has 2 heterocycles. The molecule has 0 aliphatic carbocycles. The number of carbonyl (C=O) groups excluding carboxylic acids is 2. The molecule has 7 heteroatoms. The maximum absolute atomic E-state index is 12.0. The minimum atomic E-state index is 0.0782. The van der Waals surface area contributed by atoms with Crippen LogP contribution in [0.25, 0.3) is 0 Å². The fourth-order valence-electron chi connectivity index (χ4n) is 2.95. The van der Waals surface area contributed by atoms with Crippen LogP contribution in [-0.2, 0) is 14.3 Å². The molecule has 2 aliphatic rings. The Morgan fingerprint density at radius 1 is 1.27 bits per heavy atom. The highest BCUT2D eigenvalue weighted by Crippen LogP contribution is 2.16. The molecule has 2 aliphatic heterocycles. The Morgan fingerprint density at radius 2 is 2.05 bits per heavy atom. The van der Waals surface area contributed by atoms with Crippen LogP contribution in [0.5, 0.6) is 0 Å². The number of thioether (sulfide) groups is 1. The van der Waals surface area contributed by atoms with E-state index in [9.17, 15) is 9.59 Å². The van der Waals surface area contributed by atoms with E-state index in [2.05, 4.69) is 10.2 Å². The van der Waals surface area contributed by atoms with Gasteiger partial charge in [-0.05, 0) is 25.0 Å². The second-order valence-electron chi connectivity index (χ2n) is 5.97. The summed E-state index contributed by atoms with van der Waals surface area (Å²) in [5.74, 6) is 1.23. The second-order valence-corrected chi connectivity index (χ2v) is 6.84. The summed E-state index contributed by atoms with van der Waals surface area (Å²) in [7, 11) is 0. The van der Waals surface area contributed by atoms with Gasteiger partial charge in [-0.15, -0.1) is 0 Å². The van der Waals surface area contributed by atoms with Gasteiger partial charge in [-0.25, -0.2) is 0 Å². The van der Waals surface area contributed by atoms with E-state index in [4.69, 9.17) is 4.74 Å². The lowest BCUT2D eigenvalue weighted by Crippen LogP contribution is -2.47. The van der Waals surface area contributed by atoms with Crippen LogP contribution in [-0.4, -0.2) is 86.1 Å². The molecule has 2 saturated heterocycles. The van der Waals surface area contributed by atoms with Crippen LogP contribution in [0.3, 0.4) is 0 Å². The van der Waals surface area contributed by atoms with Crippen molar-refractivity contribution >= 4 is 23.6 Å². The van der Waals surface area contributed by atoms with Gasteiger partial charge in [0.2, 0.25) is 11.8 Å². The minimum Gasteiger partial charge on any atom is -0.379 e. The van der Waals surface area contributed by atoms with E-state index >= 15 is 0 Å². The first-order valence-corrected chi connectivity index (χ1v) is 9.42. The molecule has 0 radical (unpaired) electrons. The molecule has 0 aromatic rings. The van der Waals surface area contributed by atoms with Crippen molar-refractivity contribution in [2.45, 2.75) is 12.8 Å². The van der Waals surface area contributed by atoms with Crippen LogP contribution in [0.1, 0.15) is 12.8 Å². The summed E-state index contributed by atoms with van der Waals surface area (Å²) in [4.78, 5) is 28.0. The lowest BCUT2D eigenvalue weighted by molar-refractivity contribution is -0.130. The van der Waals surface area contributed by atoms with Crippen molar-refractivity contribution in [3.05, 3.63) is 0 Å². The van der Waals surface area contributed by atoms with Crippen LogP contribution in [0.15, 0.2) is 0 Å². The lowest BCUT2D eigenvalue weighted by atomic mass is 9.98. The highest BCUT2D eigenvalue weighted by Gasteiger charge is 2.23. The number of rotatable bonds is 6. The predicted octanol–water partition coefficient (Wildman–Crippen LogP) is 0.0364. The summed E-state index contributed by atoms with van der Waals surface area (Å²) in [6, 6.07) is 0. The number of nitrogens with zero attached hydrogens (tertiary/aromatic N) is 2. The van der Waals surface area contributed by atoms with Crippen molar-refractivity contribution < 1.29 is 14.3 Å². The molecule has 2 rings (SSSR count). The molecule has 2 fully saturated rings. The van der Waals surface area contributed by atoms with Gasteiger partial charge in [0.1, 0.15) is 0 Å². The first-order chi connectivity index (χ1) is 10.7. The highest BCUT2D eigenvalue weighted by atomic mass is 32.2. The molecule has 0 saturated carbocycles. The number of ether oxygens (including phenoxy) is 1. The number of nitrogens with one attached hydrogen (secondary N) is 1. The Bertz CT molecular complexity index is 375. The highest BCUT2D eigenvalue weighted by molar-refractivity contribution is 7.99. The Balaban J connectivity index is 1.67. The fourth-order valence-corrected chi connectivity index (χ4v) is 3.38. The van der Waals surface area contributed by atoms with E-state index in [-0.39, 0.29) is 11.8 Å². The lowest BCUT2D eigenvalue weighted by Gasteiger charge is -2.33. The van der Waals surface area contributed by atoms with E-state index in [1.807, 2.05) is 11.2 Å². The zero-order chi connectivity index (χ0) is 15.8. The maximum Gasteiger partial charge on any atom is 0.234 e. The van der Waals surface area contributed by atoms with Gasteiger partial charge in [-0.1, -0.05) is 0 Å². The molecule has 2 amide bonds. The molecule has 6 nitrogen and oxygen atoms in total. The second kappa shape index (κ2) is 9.37. The molecule has 0 bridgehead atoms. The topological polar surface area (TPSA) is 61.9 Å². The van der Waals surface area contributed by atoms with Gasteiger partial charge >= 0.3 is 0 Å². The summed E-state index contributed by atoms with van der Waals surface area (Å²) in [6.07, 6.45) is 4.07. The van der Waals surface area contributed by atoms with E-state index in [1.54, 1.807) is 11.8 Å². The van der Waals surface area contributed by atoms with Crippen molar-refractivity contribution in [3.63, 3.8) is 0 Å². The smallest absolute Gasteiger partial charge is 0.234 e. The van der Waals surface area contributed by atoms with E-state index in [1.165, 1.54) is 0 Å². The van der Waals surface area contributed by atoms with Crippen molar-refractivity contribution in [1.29, 1.82) is 0 Å². The average molecular weight is 329 g/mol. The molecule has 126 valence electrons. The molecule has 1 unspecified atom stereocenters. The van der Waals surface area contributed by atoms with Gasteiger partial charge in [0.05, 0.1) is 25.5 Å². The average Bonchev–Trinajstić information content (AvgIpc) is 2.54. The SMILES string of the molecule is CSCC(=O)N1CCCC(CNC(=O)CN2CCOCC2)C1.